The Hall–Kier alpha value is -1.64. The van der Waals surface area contributed by atoms with Gasteiger partial charge in [-0.1, -0.05) is 66.7 Å². The predicted molar refractivity (Wildman–Crippen MR) is 95.1 cm³/mol. The standard InChI is InChI=1S/C12H10N.C9H7.2ClH.Ti/c1-3-7-11(8-4-1)13-12-9-5-2-6-10-12;1-2-5-9-7-3-6-8(9)4-1;;;/h1-10H;1-7H;2*1H;/q2*-1;;;+4/p-2. The Balaban J connectivity index is 0.000000430. The van der Waals surface area contributed by atoms with Gasteiger partial charge in [-0.15, -0.1) is 41.0 Å². The van der Waals surface area contributed by atoms with Gasteiger partial charge in [0.15, 0.2) is 0 Å². The molecule has 0 amide bonds. The summed E-state index contributed by atoms with van der Waals surface area (Å²) < 4.78 is 0. The van der Waals surface area contributed by atoms with Gasteiger partial charge in [0, 0.05) is 0 Å². The Morgan fingerprint density at radius 3 is 1.56 bits per heavy atom. The van der Waals surface area contributed by atoms with Crippen molar-refractivity contribution in [3.8, 4) is 0 Å². The molecule has 0 unspecified atom stereocenters. The van der Waals surface area contributed by atoms with Crippen LogP contribution in [0.2, 0.25) is 0 Å². The molecule has 0 aliphatic heterocycles. The monoisotopic (exact) mass is 401 g/mol. The van der Waals surface area contributed by atoms with E-state index in [1.54, 1.807) is 0 Å². The van der Waals surface area contributed by atoms with Gasteiger partial charge in [-0.2, -0.15) is 17.5 Å². The summed E-state index contributed by atoms with van der Waals surface area (Å²) in [4.78, 5) is 0. The second-order valence-corrected chi connectivity index (χ2v) is 4.94. The molecule has 0 bridgehead atoms. The molecule has 0 radical (unpaired) electrons. The Bertz CT molecular complexity index is 749. The summed E-state index contributed by atoms with van der Waals surface area (Å²) in [7, 11) is 0. The summed E-state index contributed by atoms with van der Waals surface area (Å²) in [5.41, 5.74) is 1.99. The van der Waals surface area contributed by atoms with Gasteiger partial charge in [-0.3, -0.25) is 0 Å². The van der Waals surface area contributed by atoms with Crippen molar-refractivity contribution in [2.45, 2.75) is 0 Å². The van der Waals surface area contributed by atoms with Crippen LogP contribution in [0.15, 0.2) is 103 Å². The Labute approximate surface area is 176 Å². The minimum Gasteiger partial charge on any atom is -1.00 e. The third kappa shape index (κ3) is 7.42. The molecule has 0 saturated carbocycles. The van der Waals surface area contributed by atoms with E-state index < -0.39 is 0 Å². The first-order chi connectivity index (χ1) is 10.9. The molecule has 0 atom stereocenters. The third-order valence-electron chi connectivity index (χ3n) is 3.32. The fourth-order valence-corrected chi connectivity index (χ4v) is 2.22. The fourth-order valence-electron chi connectivity index (χ4n) is 2.22. The van der Waals surface area contributed by atoms with E-state index in [-0.39, 0.29) is 46.5 Å². The maximum Gasteiger partial charge on any atom is 4.00 e. The van der Waals surface area contributed by atoms with E-state index in [1.807, 2.05) is 60.7 Å². The molecule has 0 fully saturated rings. The Morgan fingerprint density at radius 1 is 0.560 bits per heavy atom. The van der Waals surface area contributed by atoms with Crippen LogP contribution in [-0.4, -0.2) is 0 Å². The maximum atomic E-state index is 4.44. The maximum absolute atomic E-state index is 4.44. The number of rotatable bonds is 2. The normalized spacial score (nSPS) is 8.64. The average molecular weight is 402 g/mol. The molecule has 0 aliphatic carbocycles. The van der Waals surface area contributed by atoms with E-state index in [4.69, 9.17) is 0 Å². The van der Waals surface area contributed by atoms with Gasteiger partial charge in [-0.05, 0) is 0 Å². The molecule has 0 N–H and O–H groups in total. The molecule has 4 rings (SSSR count). The topological polar surface area (TPSA) is 14.1 Å². The van der Waals surface area contributed by atoms with Crippen LogP contribution in [-0.2, 0) is 21.7 Å². The zero-order valence-corrected chi connectivity index (χ0v) is 16.6. The quantitative estimate of drug-likeness (QED) is 0.345. The number of halogens is 2. The van der Waals surface area contributed by atoms with Gasteiger partial charge >= 0.3 is 21.7 Å². The molecular weight excluding hydrogens is 385 g/mol. The van der Waals surface area contributed by atoms with Gasteiger partial charge < -0.3 is 30.1 Å². The van der Waals surface area contributed by atoms with Crippen molar-refractivity contribution in [3.63, 3.8) is 0 Å². The van der Waals surface area contributed by atoms with Crippen molar-refractivity contribution in [2.24, 2.45) is 0 Å². The largest absolute Gasteiger partial charge is 4.00 e. The van der Waals surface area contributed by atoms with Crippen LogP contribution in [0.3, 0.4) is 0 Å². The van der Waals surface area contributed by atoms with Crippen LogP contribution < -0.4 is 24.8 Å². The van der Waals surface area contributed by atoms with Crippen molar-refractivity contribution in [1.29, 1.82) is 0 Å². The first-order valence-corrected chi connectivity index (χ1v) is 7.34. The van der Waals surface area contributed by atoms with Crippen molar-refractivity contribution < 1.29 is 46.5 Å². The first-order valence-electron chi connectivity index (χ1n) is 7.34. The van der Waals surface area contributed by atoms with E-state index in [2.05, 4.69) is 47.8 Å². The number of benzene rings is 3. The van der Waals surface area contributed by atoms with E-state index in [9.17, 15) is 0 Å². The fraction of sp³-hybridized carbons (Fsp3) is 0. The number of fused-ring (bicyclic) bond motifs is 1. The SMILES string of the molecule is [Cl-].[Cl-].[Ti+4].c1ccc([N-]c2ccccc2)cc1.c1ccc2[cH-]ccc2c1. The Kier molecular flexibility index (Phi) is 11.9. The first kappa shape index (κ1) is 23.4. The molecule has 4 aromatic carbocycles. The van der Waals surface area contributed by atoms with Crippen molar-refractivity contribution in [2.75, 3.05) is 0 Å². The summed E-state index contributed by atoms with van der Waals surface area (Å²) in [5.74, 6) is 0. The summed E-state index contributed by atoms with van der Waals surface area (Å²) in [6, 6.07) is 34.6. The van der Waals surface area contributed by atoms with E-state index in [0.717, 1.165) is 11.4 Å². The van der Waals surface area contributed by atoms with Crippen LogP contribution >= 0.6 is 0 Å². The van der Waals surface area contributed by atoms with Gasteiger partial charge in [-0.25, -0.2) is 0 Å². The molecule has 4 heteroatoms. The molecule has 4 aromatic rings. The third-order valence-corrected chi connectivity index (χ3v) is 3.32. The van der Waals surface area contributed by atoms with Gasteiger partial charge in [0.25, 0.3) is 0 Å². The number of nitrogens with zero attached hydrogens (tertiary/aromatic N) is 1. The van der Waals surface area contributed by atoms with Crippen LogP contribution in [0.5, 0.6) is 0 Å². The van der Waals surface area contributed by atoms with Crippen LogP contribution in [0, 0.1) is 0 Å². The number of hydrogen-bond donors (Lipinski definition) is 0. The number of para-hydroxylation sites is 2. The van der Waals surface area contributed by atoms with E-state index in [0.29, 0.717) is 0 Å². The minimum absolute atomic E-state index is 0. The zero-order valence-electron chi connectivity index (χ0n) is 13.5. The minimum atomic E-state index is 0. The second-order valence-electron chi connectivity index (χ2n) is 4.94. The van der Waals surface area contributed by atoms with Crippen molar-refractivity contribution >= 4 is 22.1 Å². The summed E-state index contributed by atoms with van der Waals surface area (Å²) in [6.45, 7) is 0. The smallest absolute Gasteiger partial charge is 1.00 e. The van der Waals surface area contributed by atoms with Gasteiger partial charge in [0.1, 0.15) is 0 Å². The molecule has 0 heterocycles. The molecule has 0 aliphatic rings. The molecule has 124 valence electrons. The van der Waals surface area contributed by atoms with Gasteiger partial charge in [0.2, 0.25) is 0 Å². The molecular formula is C21H17Cl2NTi. The van der Waals surface area contributed by atoms with Gasteiger partial charge in [0.05, 0.1) is 0 Å². The summed E-state index contributed by atoms with van der Waals surface area (Å²) in [5, 5.41) is 7.10. The van der Waals surface area contributed by atoms with Crippen molar-refractivity contribution in [1.82, 2.24) is 0 Å². The van der Waals surface area contributed by atoms with Crippen LogP contribution in [0.1, 0.15) is 0 Å². The molecule has 0 spiro atoms. The summed E-state index contributed by atoms with van der Waals surface area (Å²) in [6.07, 6.45) is 0. The van der Waals surface area contributed by atoms with Crippen LogP contribution in [0.25, 0.3) is 16.1 Å². The number of hydrogen-bond acceptors (Lipinski definition) is 0. The Morgan fingerprint density at radius 2 is 1.04 bits per heavy atom. The van der Waals surface area contributed by atoms with Crippen molar-refractivity contribution in [3.05, 3.63) is 108 Å². The predicted octanol–water partition coefficient (Wildman–Crippen LogP) is 0.588. The molecule has 0 saturated heterocycles. The zero-order chi connectivity index (χ0) is 15.0. The molecule has 1 nitrogen and oxygen atoms in total. The van der Waals surface area contributed by atoms with E-state index in [1.165, 1.54) is 10.8 Å². The molecule has 25 heavy (non-hydrogen) atoms. The second kappa shape index (κ2) is 12.7. The van der Waals surface area contributed by atoms with Crippen LogP contribution in [0.4, 0.5) is 11.4 Å². The average Bonchev–Trinajstić information content (AvgIpc) is 3.06. The van der Waals surface area contributed by atoms with E-state index >= 15 is 0 Å². The summed E-state index contributed by atoms with van der Waals surface area (Å²) >= 11 is 0. The molecule has 0 aromatic heterocycles.